The Kier molecular flexibility index (Phi) is 5.53. The molecule has 1 atom stereocenters. The normalized spacial score (nSPS) is 13.4. The van der Waals surface area contributed by atoms with E-state index in [1.54, 1.807) is 0 Å². The molecule has 1 unspecified atom stereocenters. The van der Waals surface area contributed by atoms with Gasteiger partial charge in [-0.25, -0.2) is 0 Å². The van der Waals surface area contributed by atoms with Crippen molar-refractivity contribution < 1.29 is 0 Å². The summed E-state index contributed by atoms with van der Waals surface area (Å²) in [4.78, 5) is 3.83. The smallest absolute Gasteiger partial charge is 0.0410 e. The molecule has 0 saturated carbocycles. The topological polar surface area (TPSA) is 3.24 Å². The maximum atomic E-state index is 5.65. The van der Waals surface area contributed by atoms with Crippen molar-refractivity contribution in [3.05, 3.63) is 22.4 Å². The molecule has 1 nitrogen and oxygen atoms in total. The van der Waals surface area contributed by atoms with E-state index in [1.807, 2.05) is 11.3 Å². The molecule has 0 bridgehead atoms. The fourth-order valence-electron chi connectivity index (χ4n) is 1.40. The van der Waals surface area contributed by atoms with E-state index in [4.69, 9.17) is 11.6 Å². The van der Waals surface area contributed by atoms with Gasteiger partial charge in [-0.05, 0) is 44.8 Å². The summed E-state index contributed by atoms with van der Waals surface area (Å²) in [6.07, 6.45) is 2.30. The van der Waals surface area contributed by atoms with Crippen LogP contribution in [0.2, 0.25) is 0 Å². The highest BCUT2D eigenvalue weighted by molar-refractivity contribution is 7.10. The molecule has 0 fully saturated rings. The minimum atomic E-state index is 0.533. The largest absolute Gasteiger partial charge is 0.299 e. The highest BCUT2D eigenvalue weighted by atomic mass is 35.5. The predicted molar refractivity (Wildman–Crippen MR) is 65.3 cm³/mol. The van der Waals surface area contributed by atoms with Gasteiger partial charge in [0.1, 0.15) is 0 Å². The Labute approximate surface area is 95.7 Å². The number of unbranched alkanes of at least 4 members (excludes halogenated alkanes) is 1. The molecule has 0 aromatic carbocycles. The van der Waals surface area contributed by atoms with Gasteiger partial charge in [0.25, 0.3) is 0 Å². The second kappa shape index (κ2) is 6.44. The van der Waals surface area contributed by atoms with E-state index in [9.17, 15) is 0 Å². The van der Waals surface area contributed by atoms with Crippen LogP contribution in [0.1, 0.15) is 30.7 Å². The van der Waals surface area contributed by atoms with Crippen molar-refractivity contribution in [3.63, 3.8) is 0 Å². The first-order valence-electron chi connectivity index (χ1n) is 5.05. The molecule has 1 heterocycles. The third-order valence-corrected chi connectivity index (χ3v) is 3.82. The molecule has 1 aromatic heterocycles. The van der Waals surface area contributed by atoms with Gasteiger partial charge in [-0.1, -0.05) is 6.07 Å². The van der Waals surface area contributed by atoms with E-state index >= 15 is 0 Å². The standard InChI is InChI=1S/C11H18ClNS/c1-10(11-6-5-9-14-11)13(2)8-4-3-7-12/h5-6,9-10H,3-4,7-8H2,1-2H3. The van der Waals surface area contributed by atoms with Crippen molar-refractivity contribution in [1.82, 2.24) is 4.90 Å². The van der Waals surface area contributed by atoms with Crippen molar-refractivity contribution in [1.29, 1.82) is 0 Å². The van der Waals surface area contributed by atoms with Crippen molar-refractivity contribution >= 4 is 22.9 Å². The van der Waals surface area contributed by atoms with Gasteiger partial charge >= 0.3 is 0 Å². The molecule has 0 aliphatic carbocycles. The number of rotatable bonds is 6. The van der Waals surface area contributed by atoms with Gasteiger partial charge in [0.05, 0.1) is 0 Å². The fraction of sp³-hybridized carbons (Fsp3) is 0.636. The number of hydrogen-bond acceptors (Lipinski definition) is 2. The average Bonchev–Trinajstić information content (AvgIpc) is 2.69. The summed E-state index contributed by atoms with van der Waals surface area (Å²) in [6.45, 7) is 3.39. The first-order chi connectivity index (χ1) is 6.75. The lowest BCUT2D eigenvalue weighted by Gasteiger charge is -2.23. The SMILES string of the molecule is CC(c1cccs1)N(C)CCCCCl. The summed E-state index contributed by atoms with van der Waals surface area (Å²) < 4.78 is 0. The van der Waals surface area contributed by atoms with Crippen molar-refractivity contribution in [3.8, 4) is 0 Å². The van der Waals surface area contributed by atoms with Crippen LogP contribution in [-0.2, 0) is 0 Å². The van der Waals surface area contributed by atoms with E-state index in [0.717, 1.165) is 18.8 Å². The van der Waals surface area contributed by atoms with Crippen molar-refractivity contribution in [2.45, 2.75) is 25.8 Å². The van der Waals surface area contributed by atoms with E-state index < -0.39 is 0 Å². The lowest BCUT2D eigenvalue weighted by molar-refractivity contribution is 0.261. The first kappa shape index (κ1) is 12.0. The maximum Gasteiger partial charge on any atom is 0.0410 e. The predicted octanol–water partition coefficient (Wildman–Crippen LogP) is 3.76. The zero-order chi connectivity index (χ0) is 10.4. The Morgan fingerprint density at radius 3 is 2.86 bits per heavy atom. The van der Waals surface area contributed by atoms with Gasteiger partial charge < -0.3 is 0 Å². The van der Waals surface area contributed by atoms with Gasteiger partial charge in [-0.15, -0.1) is 22.9 Å². The van der Waals surface area contributed by atoms with E-state index in [1.165, 1.54) is 11.3 Å². The van der Waals surface area contributed by atoms with Crippen molar-refractivity contribution in [2.24, 2.45) is 0 Å². The molecule has 0 saturated heterocycles. The summed E-state index contributed by atoms with van der Waals surface area (Å²) >= 11 is 7.48. The molecule has 14 heavy (non-hydrogen) atoms. The Bertz CT molecular complexity index is 235. The third-order valence-electron chi connectivity index (χ3n) is 2.51. The van der Waals surface area contributed by atoms with Gasteiger partial charge in [0, 0.05) is 16.8 Å². The summed E-state index contributed by atoms with van der Waals surface area (Å²) in [7, 11) is 2.18. The fourth-order valence-corrected chi connectivity index (χ4v) is 2.43. The molecular weight excluding hydrogens is 214 g/mol. The van der Waals surface area contributed by atoms with Crippen LogP contribution in [-0.4, -0.2) is 24.4 Å². The second-order valence-corrected chi connectivity index (χ2v) is 4.93. The molecule has 0 N–H and O–H groups in total. The molecule has 1 rings (SSSR count). The Balaban J connectivity index is 2.33. The first-order valence-corrected chi connectivity index (χ1v) is 6.46. The van der Waals surface area contributed by atoms with Crippen LogP contribution in [0.3, 0.4) is 0 Å². The molecular formula is C11H18ClNS. The van der Waals surface area contributed by atoms with E-state index in [-0.39, 0.29) is 0 Å². The molecule has 0 spiro atoms. The monoisotopic (exact) mass is 231 g/mol. The summed E-state index contributed by atoms with van der Waals surface area (Å²) in [5, 5.41) is 2.14. The summed E-state index contributed by atoms with van der Waals surface area (Å²) in [5.41, 5.74) is 0. The van der Waals surface area contributed by atoms with Gasteiger partial charge in [-0.2, -0.15) is 0 Å². The van der Waals surface area contributed by atoms with E-state index in [2.05, 4.69) is 36.4 Å². The number of thiophene rings is 1. The summed E-state index contributed by atoms with van der Waals surface area (Å²) in [6, 6.07) is 4.85. The van der Waals surface area contributed by atoms with Crippen LogP contribution >= 0.6 is 22.9 Å². The number of halogens is 1. The van der Waals surface area contributed by atoms with Crippen molar-refractivity contribution in [2.75, 3.05) is 19.5 Å². The Morgan fingerprint density at radius 1 is 1.50 bits per heavy atom. The highest BCUT2D eigenvalue weighted by Gasteiger charge is 2.11. The van der Waals surface area contributed by atoms with Crippen LogP contribution in [0.4, 0.5) is 0 Å². The van der Waals surface area contributed by atoms with Gasteiger partial charge in [0.2, 0.25) is 0 Å². The number of alkyl halides is 1. The second-order valence-electron chi connectivity index (χ2n) is 3.57. The third kappa shape index (κ3) is 3.60. The Morgan fingerprint density at radius 2 is 2.29 bits per heavy atom. The van der Waals surface area contributed by atoms with Crippen LogP contribution in [0.25, 0.3) is 0 Å². The highest BCUT2D eigenvalue weighted by Crippen LogP contribution is 2.23. The zero-order valence-electron chi connectivity index (χ0n) is 8.87. The van der Waals surface area contributed by atoms with Gasteiger partial charge in [0.15, 0.2) is 0 Å². The molecule has 0 aliphatic rings. The minimum absolute atomic E-state index is 0.533. The Hall–Kier alpha value is -0.0500. The van der Waals surface area contributed by atoms with Crippen LogP contribution < -0.4 is 0 Å². The van der Waals surface area contributed by atoms with Crippen LogP contribution in [0, 0.1) is 0 Å². The maximum absolute atomic E-state index is 5.65. The quantitative estimate of drug-likeness (QED) is 0.532. The average molecular weight is 232 g/mol. The summed E-state index contributed by atoms with van der Waals surface area (Å²) in [5.74, 6) is 0.779. The molecule has 0 aliphatic heterocycles. The zero-order valence-corrected chi connectivity index (χ0v) is 10.4. The molecule has 0 radical (unpaired) electrons. The lowest BCUT2D eigenvalue weighted by atomic mass is 10.2. The van der Waals surface area contributed by atoms with E-state index in [0.29, 0.717) is 6.04 Å². The minimum Gasteiger partial charge on any atom is -0.299 e. The van der Waals surface area contributed by atoms with Crippen LogP contribution in [0.15, 0.2) is 17.5 Å². The molecule has 1 aromatic rings. The van der Waals surface area contributed by atoms with Crippen LogP contribution in [0.5, 0.6) is 0 Å². The number of nitrogens with zero attached hydrogens (tertiary/aromatic N) is 1. The van der Waals surface area contributed by atoms with Gasteiger partial charge in [-0.3, -0.25) is 4.90 Å². The molecule has 80 valence electrons. The number of hydrogen-bond donors (Lipinski definition) is 0. The molecule has 0 amide bonds. The lowest BCUT2D eigenvalue weighted by Crippen LogP contribution is -2.22. The molecule has 3 heteroatoms.